The Morgan fingerprint density at radius 3 is 3.04 bits per heavy atom. The standard InChI is InChI=1S/C18H24N4OS2/c1-21(18-19-8-10-24-18)16(23)12-22-9-4-5-13(11-22)17-20-14-6-2-3-7-15(14)25-17/h8,10,13H,2-7,9,11-12H2,1H3. The molecule has 0 radical (unpaired) electrons. The summed E-state index contributed by atoms with van der Waals surface area (Å²) in [7, 11) is 1.82. The first kappa shape index (κ1) is 17.1. The van der Waals surface area contributed by atoms with Crippen LogP contribution in [0.4, 0.5) is 5.13 Å². The van der Waals surface area contributed by atoms with Gasteiger partial charge in [0.05, 0.1) is 17.2 Å². The molecule has 1 fully saturated rings. The minimum atomic E-state index is 0.119. The highest BCUT2D eigenvalue weighted by Crippen LogP contribution is 2.34. The molecule has 25 heavy (non-hydrogen) atoms. The number of piperidine rings is 1. The molecule has 2 aliphatic rings. The first-order valence-electron chi connectivity index (χ1n) is 9.07. The summed E-state index contributed by atoms with van der Waals surface area (Å²) in [6.07, 6.45) is 9.03. The second kappa shape index (κ2) is 7.51. The molecule has 7 heteroatoms. The van der Waals surface area contributed by atoms with Gasteiger partial charge in [0.1, 0.15) is 0 Å². The maximum Gasteiger partial charge on any atom is 0.242 e. The molecule has 0 spiro atoms. The van der Waals surface area contributed by atoms with E-state index in [1.54, 1.807) is 11.1 Å². The number of carbonyl (C=O) groups is 1. The number of likely N-dealkylation sites (tertiary alicyclic amines) is 1. The lowest BCUT2D eigenvalue weighted by Crippen LogP contribution is -2.42. The van der Waals surface area contributed by atoms with Crippen molar-refractivity contribution >= 4 is 33.7 Å². The van der Waals surface area contributed by atoms with Gasteiger partial charge in [-0.25, -0.2) is 9.97 Å². The molecule has 3 heterocycles. The van der Waals surface area contributed by atoms with E-state index < -0.39 is 0 Å². The molecule has 1 aliphatic carbocycles. The molecule has 0 aromatic carbocycles. The van der Waals surface area contributed by atoms with Crippen molar-refractivity contribution in [2.45, 2.75) is 44.4 Å². The largest absolute Gasteiger partial charge is 0.294 e. The normalized spacial score (nSPS) is 21.1. The molecule has 2 aromatic heterocycles. The van der Waals surface area contributed by atoms with Crippen LogP contribution in [0.2, 0.25) is 0 Å². The number of likely N-dealkylation sites (N-methyl/N-ethyl adjacent to an activating group) is 1. The quantitative estimate of drug-likeness (QED) is 0.821. The van der Waals surface area contributed by atoms with Crippen LogP contribution in [0.5, 0.6) is 0 Å². The number of amides is 1. The van der Waals surface area contributed by atoms with E-state index in [2.05, 4.69) is 9.88 Å². The highest BCUT2D eigenvalue weighted by molar-refractivity contribution is 7.13. The molecule has 2 aromatic rings. The third-order valence-corrected chi connectivity index (χ3v) is 7.32. The number of anilines is 1. The second-order valence-electron chi connectivity index (χ2n) is 6.97. The lowest BCUT2D eigenvalue weighted by molar-refractivity contribution is -0.119. The summed E-state index contributed by atoms with van der Waals surface area (Å²) in [5.41, 5.74) is 1.35. The number of thiazole rings is 2. The van der Waals surface area contributed by atoms with Crippen molar-refractivity contribution in [2.75, 3.05) is 31.6 Å². The van der Waals surface area contributed by atoms with Crippen molar-refractivity contribution in [1.82, 2.24) is 14.9 Å². The van der Waals surface area contributed by atoms with Crippen LogP contribution in [-0.4, -0.2) is 47.5 Å². The Hall–Kier alpha value is -1.31. The average molecular weight is 377 g/mol. The monoisotopic (exact) mass is 376 g/mol. The van der Waals surface area contributed by atoms with Gasteiger partial charge >= 0.3 is 0 Å². The zero-order valence-electron chi connectivity index (χ0n) is 14.6. The average Bonchev–Trinajstić information content (AvgIpc) is 3.30. The van der Waals surface area contributed by atoms with Gasteiger partial charge in [0.25, 0.3) is 0 Å². The fourth-order valence-corrected chi connectivity index (χ4v) is 5.64. The minimum Gasteiger partial charge on any atom is -0.294 e. The van der Waals surface area contributed by atoms with E-state index in [9.17, 15) is 4.79 Å². The number of fused-ring (bicyclic) bond motifs is 1. The molecule has 1 amide bonds. The molecule has 4 rings (SSSR count). The summed E-state index contributed by atoms with van der Waals surface area (Å²) in [6, 6.07) is 0. The number of rotatable bonds is 4. The topological polar surface area (TPSA) is 49.3 Å². The summed E-state index contributed by atoms with van der Waals surface area (Å²) in [4.78, 5) is 27.2. The van der Waals surface area contributed by atoms with E-state index in [4.69, 9.17) is 4.98 Å². The van der Waals surface area contributed by atoms with Crippen LogP contribution in [0.3, 0.4) is 0 Å². The van der Waals surface area contributed by atoms with Crippen molar-refractivity contribution in [2.24, 2.45) is 0 Å². The Balaban J connectivity index is 1.39. The van der Waals surface area contributed by atoms with Gasteiger partial charge in [-0.15, -0.1) is 22.7 Å². The lowest BCUT2D eigenvalue weighted by atomic mass is 9.98. The molecule has 0 N–H and O–H groups in total. The minimum absolute atomic E-state index is 0.119. The van der Waals surface area contributed by atoms with E-state index in [0.717, 1.165) is 31.1 Å². The van der Waals surface area contributed by atoms with Gasteiger partial charge < -0.3 is 0 Å². The number of hydrogen-bond donors (Lipinski definition) is 0. The van der Waals surface area contributed by atoms with Crippen LogP contribution in [0.15, 0.2) is 11.6 Å². The maximum atomic E-state index is 12.5. The third-order valence-electron chi connectivity index (χ3n) is 5.16. The van der Waals surface area contributed by atoms with E-state index >= 15 is 0 Å². The van der Waals surface area contributed by atoms with E-state index in [0.29, 0.717) is 12.5 Å². The number of carbonyl (C=O) groups excluding carboxylic acids is 1. The van der Waals surface area contributed by atoms with Crippen LogP contribution in [0, 0.1) is 0 Å². The van der Waals surface area contributed by atoms with Gasteiger partial charge in [-0.05, 0) is 45.1 Å². The van der Waals surface area contributed by atoms with Gasteiger partial charge in [0.15, 0.2) is 5.13 Å². The molecular weight excluding hydrogens is 352 g/mol. The molecule has 1 aliphatic heterocycles. The smallest absolute Gasteiger partial charge is 0.242 e. The van der Waals surface area contributed by atoms with Gasteiger partial charge in [0.2, 0.25) is 5.91 Å². The highest BCUT2D eigenvalue weighted by Gasteiger charge is 2.27. The fourth-order valence-electron chi connectivity index (χ4n) is 3.73. The number of aromatic nitrogens is 2. The Morgan fingerprint density at radius 2 is 2.24 bits per heavy atom. The van der Waals surface area contributed by atoms with Gasteiger partial charge in [-0.3, -0.25) is 14.6 Å². The van der Waals surface area contributed by atoms with E-state index in [1.807, 2.05) is 23.8 Å². The summed E-state index contributed by atoms with van der Waals surface area (Å²) >= 11 is 3.43. The van der Waals surface area contributed by atoms with Crippen LogP contribution in [0.25, 0.3) is 0 Å². The predicted molar refractivity (Wildman–Crippen MR) is 103 cm³/mol. The summed E-state index contributed by atoms with van der Waals surface area (Å²) < 4.78 is 0. The second-order valence-corrected chi connectivity index (χ2v) is 8.96. The van der Waals surface area contributed by atoms with Gasteiger partial charge in [-0.2, -0.15) is 0 Å². The highest BCUT2D eigenvalue weighted by atomic mass is 32.1. The fraction of sp³-hybridized carbons (Fsp3) is 0.611. The Labute approximate surface area is 156 Å². The van der Waals surface area contributed by atoms with Crippen LogP contribution in [0.1, 0.15) is 47.2 Å². The molecule has 1 atom stereocenters. The molecule has 5 nitrogen and oxygen atoms in total. The zero-order chi connectivity index (χ0) is 17.2. The number of aryl methyl sites for hydroxylation is 2. The molecular formula is C18H24N4OS2. The predicted octanol–water partition coefficient (Wildman–Crippen LogP) is 3.32. The van der Waals surface area contributed by atoms with E-state index in [-0.39, 0.29) is 5.91 Å². The van der Waals surface area contributed by atoms with Crippen molar-refractivity contribution in [3.8, 4) is 0 Å². The Morgan fingerprint density at radius 1 is 1.36 bits per heavy atom. The van der Waals surface area contributed by atoms with Crippen molar-refractivity contribution in [3.05, 3.63) is 27.2 Å². The summed E-state index contributed by atoms with van der Waals surface area (Å²) in [5, 5.41) is 3.98. The Bertz CT molecular complexity index is 704. The summed E-state index contributed by atoms with van der Waals surface area (Å²) in [6.45, 7) is 2.42. The molecule has 134 valence electrons. The maximum absolute atomic E-state index is 12.5. The SMILES string of the molecule is CN(C(=O)CN1CCCC(c2nc3c(s2)CCCC3)C1)c1nccs1. The van der Waals surface area contributed by atoms with E-state index in [1.165, 1.54) is 52.6 Å². The van der Waals surface area contributed by atoms with Crippen LogP contribution < -0.4 is 4.90 Å². The van der Waals surface area contributed by atoms with Crippen molar-refractivity contribution in [3.63, 3.8) is 0 Å². The van der Waals surface area contributed by atoms with Crippen molar-refractivity contribution in [1.29, 1.82) is 0 Å². The lowest BCUT2D eigenvalue weighted by Gasteiger charge is -2.32. The third kappa shape index (κ3) is 3.78. The first-order chi connectivity index (χ1) is 12.2. The number of nitrogens with zero attached hydrogens (tertiary/aromatic N) is 4. The first-order valence-corrected chi connectivity index (χ1v) is 10.8. The zero-order valence-corrected chi connectivity index (χ0v) is 16.2. The molecule has 1 unspecified atom stereocenters. The van der Waals surface area contributed by atoms with Crippen molar-refractivity contribution < 1.29 is 4.79 Å². The van der Waals surface area contributed by atoms with Crippen LogP contribution >= 0.6 is 22.7 Å². The Kier molecular flexibility index (Phi) is 5.15. The number of hydrogen-bond acceptors (Lipinski definition) is 6. The van der Waals surface area contributed by atoms with Gasteiger partial charge in [-0.1, -0.05) is 0 Å². The molecule has 0 bridgehead atoms. The molecule has 1 saturated heterocycles. The van der Waals surface area contributed by atoms with Gasteiger partial charge in [0, 0.05) is 36.0 Å². The van der Waals surface area contributed by atoms with Crippen LogP contribution in [-0.2, 0) is 17.6 Å². The summed E-state index contributed by atoms with van der Waals surface area (Å²) in [5.74, 6) is 0.608. The molecule has 0 saturated carbocycles.